The zero-order valence-corrected chi connectivity index (χ0v) is 16.3. The maximum atomic E-state index is 13.0. The minimum absolute atomic E-state index is 0.197. The Labute approximate surface area is 172 Å². The van der Waals surface area contributed by atoms with Crippen molar-refractivity contribution in [2.24, 2.45) is 5.92 Å². The summed E-state index contributed by atoms with van der Waals surface area (Å²) in [5.41, 5.74) is 0.927. The highest BCUT2D eigenvalue weighted by molar-refractivity contribution is 6.30. The van der Waals surface area contributed by atoms with Crippen LogP contribution in [0.4, 0.5) is 10.1 Å². The summed E-state index contributed by atoms with van der Waals surface area (Å²) in [6.07, 6.45) is 0.892. The van der Waals surface area contributed by atoms with Crippen molar-refractivity contribution in [3.05, 3.63) is 64.9 Å². The predicted molar refractivity (Wildman–Crippen MR) is 106 cm³/mol. The molecule has 1 aliphatic heterocycles. The highest BCUT2D eigenvalue weighted by atomic mass is 35.5. The van der Waals surface area contributed by atoms with Crippen molar-refractivity contribution in [3.8, 4) is 0 Å². The number of hydrogen-bond acceptors (Lipinski definition) is 4. The molecule has 0 saturated carbocycles. The number of carbonyl (C=O) groups excluding carboxylic acids is 3. The van der Waals surface area contributed by atoms with Crippen LogP contribution in [0.15, 0.2) is 48.5 Å². The van der Waals surface area contributed by atoms with Gasteiger partial charge >= 0.3 is 5.97 Å². The quantitative estimate of drug-likeness (QED) is 0.754. The van der Waals surface area contributed by atoms with Gasteiger partial charge in [-0.25, -0.2) is 4.39 Å². The standard InChI is InChI=1S/C21H20ClFN2O4/c22-16-2-1-3-18(12-16)24-19(26)13-29-21(28)15-8-10-25(11-9-15)20(27)14-4-6-17(23)7-5-14/h1-7,12,15H,8-11,13H2,(H,24,26). The molecule has 152 valence electrons. The van der Waals surface area contributed by atoms with E-state index in [2.05, 4.69) is 5.32 Å². The molecule has 1 aliphatic rings. The van der Waals surface area contributed by atoms with Crippen LogP contribution in [-0.4, -0.2) is 42.4 Å². The van der Waals surface area contributed by atoms with E-state index in [1.165, 1.54) is 24.3 Å². The van der Waals surface area contributed by atoms with Crippen LogP contribution in [0.3, 0.4) is 0 Å². The fourth-order valence-corrected chi connectivity index (χ4v) is 3.30. The minimum atomic E-state index is -0.458. The van der Waals surface area contributed by atoms with Gasteiger partial charge in [0.25, 0.3) is 11.8 Å². The molecular weight excluding hydrogens is 399 g/mol. The number of carbonyl (C=O) groups is 3. The number of anilines is 1. The van der Waals surface area contributed by atoms with Gasteiger partial charge in [0, 0.05) is 29.4 Å². The summed E-state index contributed by atoms with van der Waals surface area (Å²) in [6, 6.07) is 12.0. The number of halogens is 2. The van der Waals surface area contributed by atoms with E-state index in [-0.39, 0.29) is 18.4 Å². The first kappa shape index (κ1) is 20.8. The van der Waals surface area contributed by atoms with Crippen LogP contribution in [0.25, 0.3) is 0 Å². The molecule has 0 radical (unpaired) electrons. The first-order chi connectivity index (χ1) is 13.9. The van der Waals surface area contributed by atoms with Crippen molar-refractivity contribution in [2.75, 3.05) is 25.0 Å². The van der Waals surface area contributed by atoms with Gasteiger partial charge in [0.05, 0.1) is 5.92 Å². The second-order valence-electron chi connectivity index (χ2n) is 6.74. The third-order valence-electron chi connectivity index (χ3n) is 4.66. The van der Waals surface area contributed by atoms with E-state index >= 15 is 0 Å². The fourth-order valence-electron chi connectivity index (χ4n) is 3.11. The van der Waals surface area contributed by atoms with E-state index in [1.54, 1.807) is 29.2 Å². The summed E-state index contributed by atoms with van der Waals surface area (Å²) < 4.78 is 18.1. The number of piperidine rings is 1. The highest BCUT2D eigenvalue weighted by Gasteiger charge is 2.29. The van der Waals surface area contributed by atoms with Gasteiger partial charge < -0.3 is 15.0 Å². The molecule has 6 nitrogen and oxygen atoms in total. The van der Waals surface area contributed by atoms with Crippen LogP contribution in [0.1, 0.15) is 23.2 Å². The third kappa shape index (κ3) is 5.77. The number of esters is 1. The van der Waals surface area contributed by atoms with Crippen LogP contribution in [0.2, 0.25) is 5.02 Å². The third-order valence-corrected chi connectivity index (χ3v) is 4.90. The lowest BCUT2D eigenvalue weighted by Crippen LogP contribution is -2.41. The van der Waals surface area contributed by atoms with E-state index in [9.17, 15) is 18.8 Å². The summed E-state index contributed by atoms with van der Waals surface area (Å²) in [6.45, 7) is 0.398. The topological polar surface area (TPSA) is 75.7 Å². The van der Waals surface area contributed by atoms with Gasteiger partial charge in [0.1, 0.15) is 5.82 Å². The van der Waals surface area contributed by atoms with Gasteiger partial charge in [-0.2, -0.15) is 0 Å². The highest BCUT2D eigenvalue weighted by Crippen LogP contribution is 2.21. The normalized spacial score (nSPS) is 14.3. The van der Waals surface area contributed by atoms with Gasteiger partial charge in [0.2, 0.25) is 0 Å². The van der Waals surface area contributed by atoms with E-state index in [0.717, 1.165) is 0 Å². The summed E-state index contributed by atoms with van der Waals surface area (Å²) >= 11 is 5.86. The lowest BCUT2D eigenvalue weighted by Gasteiger charge is -2.31. The second-order valence-corrected chi connectivity index (χ2v) is 7.18. The van der Waals surface area contributed by atoms with Gasteiger partial charge in [-0.05, 0) is 55.3 Å². The Kier molecular flexibility index (Phi) is 6.82. The average molecular weight is 419 g/mol. The first-order valence-corrected chi connectivity index (χ1v) is 9.57. The lowest BCUT2D eigenvalue weighted by molar-refractivity contribution is -0.152. The monoisotopic (exact) mass is 418 g/mol. The summed E-state index contributed by atoms with van der Waals surface area (Å²) in [7, 11) is 0. The van der Waals surface area contributed by atoms with Crippen molar-refractivity contribution in [1.29, 1.82) is 0 Å². The number of nitrogens with zero attached hydrogens (tertiary/aromatic N) is 1. The molecule has 29 heavy (non-hydrogen) atoms. The molecule has 1 saturated heterocycles. The number of ether oxygens (including phenoxy) is 1. The molecule has 1 heterocycles. The smallest absolute Gasteiger partial charge is 0.309 e. The molecule has 1 fully saturated rings. The molecule has 0 spiro atoms. The number of hydrogen-bond donors (Lipinski definition) is 1. The summed E-state index contributed by atoms with van der Waals surface area (Å²) in [5, 5.41) is 3.09. The van der Waals surface area contributed by atoms with Crippen molar-refractivity contribution in [2.45, 2.75) is 12.8 Å². The molecule has 0 aliphatic carbocycles. The molecule has 3 rings (SSSR count). The van der Waals surface area contributed by atoms with Crippen LogP contribution in [-0.2, 0) is 14.3 Å². The summed E-state index contributed by atoms with van der Waals surface area (Å²) in [5.74, 6) is -1.88. The largest absolute Gasteiger partial charge is 0.455 e. The minimum Gasteiger partial charge on any atom is -0.455 e. The number of nitrogens with one attached hydrogen (secondary N) is 1. The molecule has 0 unspecified atom stereocenters. The van der Waals surface area contributed by atoms with Crippen LogP contribution >= 0.6 is 11.6 Å². The number of benzene rings is 2. The SMILES string of the molecule is O=C(COC(=O)C1CCN(C(=O)c2ccc(F)cc2)CC1)Nc1cccc(Cl)c1. The molecule has 0 aromatic heterocycles. The van der Waals surface area contributed by atoms with Gasteiger partial charge in [-0.1, -0.05) is 17.7 Å². The van der Waals surface area contributed by atoms with E-state index in [4.69, 9.17) is 16.3 Å². The Morgan fingerprint density at radius 3 is 2.45 bits per heavy atom. The number of amides is 2. The number of rotatable bonds is 5. The molecular formula is C21H20ClFN2O4. The molecule has 2 aromatic rings. The Bertz CT molecular complexity index is 896. The Hall–Kier alpha value is -2.93. The number of likely N-dealkylation sites (tertiary alicyclic amines) is 1. The van der Waals surface area contributed by atoms with Gasteiger partial charge in [-0.15, -0.1) is 0 Å². The van der Waals surface area contributed by atoms with E-state index in [1.807, 2.05) is 0 Å². The molecule has 1 N–H and O–H groups in total. The first-order valence-electron chi connectivity index (χ1n) is 9.19. The zero-order chi connectivity index (χ0) is 20.8. The molecule has 0 atom stereocenters. The van der Waals surface area contributed by atoms with Crippen molar-refractivity contribution in [1.82, 2.24) is 4.90 Å². The Morgan fingerprint density at radius 1 is 1.10 bits per heavy atom. The fraction of sp³-hybridized carbons (Fsp3) is 0.286. The Balaban J connectivity index is 1.43. The van der Waals surface area contributed by atoms with E-state index in [0.29, 0.717) is 42.2 Å². The Morgan fingerprint density at radius 2 is 1.79 bits per heavy atom. The zero-order valence-electron chi connectivity index (χ0n) is 15.6. The molecule has 8 heteroatoms. The maximum Gasteiger partial charge on any atom is 0.309 e. The maximum absolute atomic E-state index is 13.0. The molecule has 0 bridgehead atoms. The van der Waals surface area contributed by atoms with Gasteiger partial charge in [-0.3, -0.25) is 14.4 Å². The van der Waals surface area contributed by atoms with Crippen molar-refractivity contribution in [3.63, 3.8) is 0 Å². The van der Waals surface area contributed by atoms with Crippen LogP contribution < -0.4 is 5.32 Å². The van der Waals surface area contributed by atoms with Crippen LogP contribution in [0.5, 0.6) is 0 Å². The van der Waals surface area contributed by atoms with E-state index < -0.39 is 17.7 Å². The van der Waals surface area contributed by atoms with Crippen molar-refractivity contribution < 1.29 is 23.5 Å². The lowest BCUT2D eigenvalue weighted by atomic mass is 9.96. The predicted octanol–water partition coefficient (Wildman–Crippen LogP) is 3.51. The van der Waals surface area contributed by atoms with Gasteiger partial charge in [0.15, 0.2) is 6.61 Å². The summed E-state index contributed by atoms with van der Waals surface area (Å²) in [4.78, 5) is 38.2. The molecule has 2 amide bonds. The second kappa shape index (κ2) is 9.52. The molecule has 2 aromatic carbocycles. The van der Waals surface area contributed by atoms with Crippen molar-refractivity contribution >= 4 is 35.1 Å². The van der Waals surface area contributed by atoms with Crippen LogP contribution in [0, 0.1) is 11.7 Å². The average Bonchev–Trinajstić information content (AvgIpc) is 2.72.